The summed E-state index contributed by atoms with van der Waals surface area (Å²) >= 11 is 0. The number of benzene rings is 1. The molecule has 2 aliphatic rings. The SMILES string of the molecule is CN1CCN(C2CCN(C(=O)c3ccc(F)cc3)CC2)CC1.O=C(O)C(=O)O. The van der Waals surface area contributed by atoms with Gasteiger partial charge in [0.1, 0.15) is 5.82 Å². The number of carbonyl (C=O) groups is 3. The van der Waals surface area contributed by atoms with E-state index in [-0.39, 0.29) is 11.7 Å². The summed E-state index contributed by atoms with van der Waals surface area (Å²) in [4.78, 5) is 37.5. The Labute approximate surface area is 163 Å². The minimum atomic E-state index is -1.82. The van der Waals surface area contributed by atoms with Gasteiger partial charge >= 0.3 is 11.9 Å². The molecular weight excluding hydrogens is 369 g/mol. The van der Waals surface area contributed by atoms with Crippen molar-refractivity contribution in [3.05, 3.63) is 35.6 Å². The number of halogens is 1. The number of aliphatic carboxylic acids is 2. The fourth-order valence-corrected chi connectivity index (χ4v) is 3.40. The van der Waals surface area contributed by atoms with E-state index in [0.717, 1.165) is 52.1 Å². The fraction of sp³-hybridized carbons (Fsp3) is 0.526. The first-order valence-electron chi connectivity index (χ1n) is 9.21. The van der Waals surface area contributed by atoms with E-state index in [1.165, 1.54) is 12.1 Å². The van der Waals surface area contributed by atoms with Crippen molar-refractivity contribution >= 4 is 17.8 Å². The van der Waals surface area contributed by atoms with Crippen LogP contribution in [0, 0.1) is 5.82 Å². The molecule has 1 aromatic rings. The number of hydrogen-bond acceptors (Lipinski definition) is 5. The normalized spacial score (nSPS) is 18.9. The molecule has 3 rings (SSSR count). The van der Waals surface area contributed by atoms with Crippen molar-refractivity contribution in [1.82, 2.24) is 14.7 Å². The molecule has 0 spiro atoms. The van der Waals surface area contributed by atoms with Crippen molar-refractivity contribution in [3.8, 4) is 0 Å². The summed E-state index contributed by atoms with van der Waals surface area (Å²) in [5.41, 5.74) is 0.583. The van der Waals surface area contributed by atoms with Crippen LogP contribution in [0.15, 0.2) is 24.3 Å². The summed E-state index contributed by atoms with van der Waals surface area (Å²) in [6.45, 7) is 6.13. The number of nitrogens with zero attached hydrogens (tertiary/aromatic N) is 3. The second kappa shape index (κ2) is 10.1. The lowest BCUT2D eigenvalue weighted by Gasteiger charge is -2.42. The standard InChI is InChI=1S/C17H24FN3O.C2H2O4/c1-19-10-12-20(13-11-19)16-6-8-21(9-7-16)17(22)14-2-4-15(18)5-3-14;3-1(4)2(5)6/h2-5,16H,6-13H2,1H3;(H,3,4)(H,5,6). The van der Waals surface area contributed by atoms with E-state index in [0.29, 0.717) is 11.6 Å². The van der Waals surface area contributed by atoms with Crippen molar-refractivity contribution < 1.29 is 29.0 Å². The summed E-state index contributed by atoms with van der Waals surface area (Å²) in [5, 5.41) is 14.8. The lowest BCUT2D eigenvalue weighted by atomic mass is 10.0. The average Bonchev–Trinajstić information content (AvgIpc) is 2.69. The van der Waals surface area contributed by atoms with Gasteiger partial charge in [-0.1, -0.05) is 0 Å². The molecule has 0 bridgehead atoms. The number of hydrogen-bond donors (Lipinski definition) is 2. The molecule has 28 heavy (non-hydrogen) atoms. The van der Waals surface area contributed by atoms with Gasteiger partial charge in [0, 0.05) is 50.9 Å². The third-order valence-electron chi connectivity index (χ3n) is 5.08. The topological polar surface area (TPSA) is 101 Å². The molecule has 0 saturated carbocycles. The summed E-state index contributed by atoms with van der Waals surface area (Å²) in [5.74, 6) is -3.92. The van der Waals surface area contributed by atoms with Crippen LogP contribution in [0.3, 0.4) is 0 Å². The van der Waals surface area contributed by atoms with Crippen LogP contribution < -0.4 is 0 Å². The van der Waals surface area contributed by atoms with Crippen molar-refractivity contribution in [2.45, 2.75) is 18.9 Å². The highest BCUT2D eigenvalue weighted by Crippen LogP contribution is 2.19. The number of rotatable bonds is 2. The van der Waals surface area contributed by atoms with E-state index >= 15 is 0 Å². The maximum atomic E-state index is 12.9. The Morgan fingerprint density at radius 1 is 0.893 bits per heavy atom. The van der Waals surface area contributed by atoms with Gasteiger partial charge in [-0.25, -0.2) is 14.0 Å². The first-order chi connectivity index (χ1) is 13.3. The van der Waals surface area contributed by atoms with Crippen LogP contribution in [0.2, 0.25) is 0 Å². The molecule has 1 amide bonds. The van der Waals surface area contributed by atoms with E-state index in [9.17, 15) is 9.18 Å². The molecule has 0 aliphatic carbocycles. The highest BCUT2D eigenvalue weighted by atomic mass is 19.1. The summed E-state index contributed by atoms with van der Waals surface area (Å²) < 4.78 is 12.9. The average molecular weight is 395 g/mol. The second-order valence-corrected chi connectivity index (χ2v) is 6.98. The Hall–Kier alpha value is -2.52. The first kappa shape index (κ1) is 21.8. The number of amides is 1. The third-order valence-corrected chi connectivity index (χ3v) is 5.08. The Morgan fingerprint density at radius 3 is 1.86 bits per heavy atom. The molecule has 9 heteroatoms. The molecule has 2 aliphatic heterocycles. The van der Waals surface area contributed by atoms with Crippen LogP contribution in [0.25, 0.3) is 0 Å². The van der Waals surface area contributed by atoms with Crippen LogP contribution in [-0.4, -0.2) is 95.1 Å². The minimum Gasteiger partial charge on any atom is -0.473 e. The monoisotopic (exact) mass is 395 g/mol. The summed E-state index contributed by atoms with van der Waals surface area (Å²) in [6.07, 6.45) is 2.08. The predicted molar refractivity (Wildman–Crippen MR) is 99.7 cm³/mol. The number of carboxylic acid groups (broad SMARTS) is 2. The van der Waals surface area contributed by atoms with E-state index in [1.807, 2.05) is 4.90 Å². The van der Waals surface area contributed by atoms with Crippen molar-refractivity contribution in [1.29, 1.82) is 0 Å². The Morgan fingerprint density at radius 2 is 1.39 bits per heavy atom. The largest absolute Gasteiger partial charge is 0.473 e. The van der Waals surface area contributed by atoms with E-state index in [2.05, 4.69) is 16.8 Å². The zero-order valence-corrected chi connectivity index (χ0v) is 15.9. The Balaban J connectivity index is 0.000000409. The van der Waals surface area contributed by atoms with Gasteiger partial charge in [-0.05, 0) is 44.2 Å². The van der Waals surface area contributed by atoms with Gasteiger partial charge < -0.3 is 20.0 Å². The van der Waals surface area contributed by atoms with Crippen LogP contribution >= 0.6 is 0 Å². The van der Waals surface area contributed by atoms with E-state index < -0.39 is 11.9 Å². The van der Waals surface area contributed by atoms with Gasteiger partial charge in [0.2, 0.25) is 0 Å². The number of piperidine rings is 1. The number of carboxylic acids is 2. The van der Waals surface area contributed by atoms with Crippen LogP contribution in [0.5, 0.6) is 0 Å². The van der Waals surface area contributed by atoms with Gasteiger partial charge in [-0.15, -0.1) is 0 Å². The predicted octanol–water partition coefficient (Wildman–Crippen LogP) is 0.833. The Kier molecular flexibility index (Phi) is 7.89. The van der Waals surface area contributed by atoms with Crippen LogP contribution in [0.1, 0.15) is 23.2 Å². The molecule has 8 nitrogen and oxygen atoms in total. The Bertz CT molecular complexity index is 669. The molecule has 0 radical (unpaired) electrons. The maximum absolute atomic E-state index is 12.9. The van der Waals surface area contributed by atoms with Crippen LogP contribution in [0.4, 0.5) is 4.39 Å². The first-order valence-corrected chi connectivity index (χ1v) is 9.21. The van der Waals surface area contributed by atoms with Crippen molar-refractivity contribution in [2.24, 2.45) is 0 Å². The smallest absolute Gasteiger partial charge is 0.414 e. The summed E-state index contributed by atoms with van der Waals surface area (Å²) in [7, 11) is 2.17. The summed E-state index contributed by atoms with van der Waals surface area (Å²) in [6, 6.07) is 6.45. The molecule has 0 atom stereocenters. The lowest BCUT2D eigenvalue weighted by molar-refractivity contribution is -0.159. The molecule has 2 N–H and O–H groups in total. The van der Waals surface area contributed by atoms with Crippen LogP contribution in [-0.2, 0) is 9.59 Å². The molecule has 0 aromatic heterocycles. The minimum absolute atomic E-state index is 0.0248. The maximum Gasteiger partial charge on any atom is 0.414 e. The van der Waals surface area contributed by atoms with Gasteiger partial charge in [0.15, 0.2) is 0 Å². The van der Waals surface area contributed by atoms with E-state index in [4.69, 9.17) is 19.8 Å². The molecule has 2 fully saturated rings. The number of likely N-dealkylation sites (N-methyl/N-ethyl adjacent to an activating group) is 1. The van der Waals surface area contributed by atoms with Crippen molar-refractivity contribution in [2.75, 3.05) is 46.3 Å². The second-order valence-electron chi connectivity index (χ2n) is 6.98. The van der Waals surface area contributed by atoms with Gasteiger partial charge in [-0.3, -0.25) is 9.69 Å². The third kappa shape index (κ3) is 6.28. The number of carbonyl (C=O) groups excluding carboxylic acids is 1. The van der Waals surface area contributed by atoms with Gasteiger partial charge in [-0.2, -0.15) is 0 Å². The molecule has 154 valence electrons. The molecular formula is C19H26FN3O5. The highest BCUT2D eigenvalue weighted by molar-refractivity contribution is 6.27. The van der Waals surface area contributed by atoms with Gasteiger partial charge in [0.05, 0.1) is 0 Å². The molecule has 0 unspecified atom stereocenters. The zero-order valence-electron chi connectivity index (χ0n) is 15.9. The molecule has 2 heterocycles. The number of likely N-dealkylation sites (tertiary alicyclic amines) is 1. The van der Waals surface area contributed by atoms with Gasteiger partial charge in [0.25, 0.3) is 5.91 Å². The fourth-order valence-electron chi connectivity index (χ4n) is 3.40. The highest BCUT2D eigenvalue weighted by Gasteiger charge is 2.28. The van der Waals surface area contributed by atoms with E-state index in [1.54, 1.807) is 12.1 Å². The van der Waals surface area contributed by atoms with Crippen molar-refractivity contribution in [3.63, 3.8) is 0 Å². The molecule has 1 aromatic carbocycles. The zero-order chi connectivity index (χ0) is 20.7. The lowest BCUT2D eigenvalue weighted by Crippen LogP contribution is -2.52. The molecule has 2 saturated heterocycles. The quantitative estimate of drug-likeness (QED) is 0.716. The number of piperazine rings is 1.